The summed E-state index contributed by atoms with van der Waals surface area (Å²) in [6.45, 7) is 8.56. The van der Waals surface area contributed by atoms with Crippen molar-refractivity contribution in [3.8, 4) is 0 Å². The second-order valence-corrected chi connectivity index (χ2v) is 6.49. The number of hydrogen-bond donors (Lipinski definition) is 1. The first-order chi connectivity index (χ1) is 13.1. The van der Waals surface area contributed by atoms with Crippen LogP contribution in [0, 0.1) is 0 Å². The number of hydrogen-bond acceptors (Lipinski definition) is 4. The first-order valence-corrected chi connectivity index (χ1v) is 9.03. The molecule has 1 aliphatic heterocycles. The lowest BCUT2D eigenvalue weighted by Gasteiger charge is -2.35. The van der Waals surface area contributed by atoms with Crippen LogP contribution in [0.1, 0.15) is 28.4 Å². The second-order valence-electron chi connectivity index (χ2n) is 6.49. The van der Waals surface area contributed by atoms with Crippen LogP contribution < -0.4 is 10.2 Å². The molecule has 1 aromatic carbocycles. The standard InChI is InChI=1S/C21H24N4O2/c1-3-17-6-8-18(9-7-17)21(27)23-15-19-5-4-10-22-20(19)25-13-11-24(12-14-25)16(2)26/h3-10H,1,11-15H2,2H3,(H,23,27). The van der Waals surface area contributed by atoms with E-state index < -0.39 is 0 Å². The van der Waals surface area contributed by atoms with Gasteiger partial charge in [-0.15, -0.1) is 0 Å². The first kappa shape index (κ1) is 18.6. The van der Waals surface area contributed by atoms with Gasteiger partial charge in [-0.1, -0.05) is 30.9 Å². The van der Waals surface area contributed by atoms with E-state index in [1.165, 1.54) is 0 Å². The van der Waals surface area contributed by atoms with Gasteiger partial charge in [-0.2, -0.15) is 0 Å². The average molecular weight is 364 g/mol. The van der Waals surface area contributed by atoms with Crippen molar-refractivity contribution in [3.05, 3.63) is 65.9 Å². The molecule has 0 unspecified atom stereocenters. The lowest BCUT2D eigenvalue weighted by atomic mass is 10.1. The summed E-state index contributed by atoms with van der Waals surface area (Å²) in [5.74, 6) is 0.843. The van der Waals surface area contributed by atoms with Gasteiger partial charge >= 0.3 is 0 Å². The molecule has 1 aliphatic rings. The molecular formula is C21H24N4O2. The van der Waals surface area contributed by atoms with Crippen molar-refractivity contribution in [2.75, 3.05) is 31.1 Å². The number of piperazine rings is 1. The van der Waals surface area contributed by atoms with E-state index in [1.807, 2.05) is 29.2 Å². The maximum atomic E-state index is 12.4. The molecule has 1 saturated heterocycles. The fourth-order valence-corrected chi connectivity index (χ4v) is 3.13. The molecule has 0 saturated carbocycles. The number of carbonyl (C=O) groups excluding carboxylic acids is 2. The molecule has 140 valence electrons. The Morgan fingerprint density at radius 3 is 2.48 bits per heavy atom. The third-order valence-corrected chi connectivity index (χ3v) is 4.74. The zero-order chi connectivity index (χ0) is 19.2. The van der Waals surface area contributed by atoms with E-state index in [1.54, 1.807) is 31.3 Å². The largest absolute Gasteiger partial charge is 0.353 e. The molecule has 6 nitrogen and oxygen atoms in total. The van der Waals surface area contributed by atoms with Crippen LogP contribution in [0.5, 0.6) is 0 Å². The van der Waals surface area contributed by atoms with E-state index in [0.717, 1.165) is 30.0 Å². The Hall–Kier alpha value is -3.15. The number of anilines is 1. The second kappa shape index (κ2) is 8.49. The number of nitrogens with one attached hydrogen (secondary N) is 1. The molecule has 0 aliphatic carbocycles. The summed E-state index contributed by atoms with van der Waals surface area (Å²) in [4.78, 5) is 32.4. The van der Waals surface area contributed by atoms with Crippen molar-refractivity contribution in [1.82, 2.24) is 15.2 Å². The zero-order valence-corrected chi connectivity index (χ0v) is 15.5. The molecule has 27 heavy (non-hydrogen) atoms. The van der Waals surface area contributed by atoms with E-state index in [2.05, 4.69) is 21.8 Å². The van der Waals surface area contributed by atoms with Crippen molar-refractivity contribution in [2.24, 2.45) is 0 Å². The lowest BCUT2D eigenvalue weighted by molar-refractivity contribution is -0.129. The minimum Gasteiger partial charge on any atom is -0.353 e. The monoisotopic (exact) mass is 364 g/mol. The van der Waals surface area contributed by atoms with Crippen LogP contribution in [0.25, 0.3) is 6.08 Å². The smallest absolute Gasteiger partial charge is 0.251 e. The van der Waals surface area contributed by atoms with Gasteiger partial charge in [0.1, 0.15) is 5.82 Å². The minimum atomic E-state index is -0.123. The molecule has 2 heterocycles. The van der Waals surface area contributed by atoms with Crippen LogP contribution >= 0.6 is 0 Å². The lowest BCUT2D eigenvalue weighted by Crippen LogP contribution is -2.48. The SMILES string of the molecule is C=Cc1ccc(C(=O)NCc2cccnc2N2CCN(C(C)=O)CC2)cc1. The minimum absolute atomic E-state index is 0.102. The first-order valence-electron chi connectivity index (χ1n) is 9.03. The summed E-state index contributed by atoms with van der Waals surface area (Å²) >= 11 is 0. The number of nitrogens with zero attached hydrogens (tertiary/aromatic N) is 3. The highest BCUT2D eigenvalue weighted by atomic mass is 16.2. The molecule has 2 aromatic rings. The fraction of sp³-hybridized carbons (Fsp3) is 0.286. The number of benzene rings is 1. The molecule has 0 spiro atoms. The number of carbonyl (C=O) groups is 2. The van der Waals surface area contributed by atoms with E-state index in [9.17, 15) is 9.59 Å². The van der Waals surface area contributed by atoms with Gasteiger partial charge in [-0.3, -0.25) is 9.59 Å². The van der Waals surface area contributed by atoms with Crippen molar-refractivity contribution in [3.63, 3.8) is 0 Å². The topological polar surface area (TPSA) is 65.5 Å². The number of pyridine rings is 1. The van der Waals surface area contributed by atoms with Gasteiger partial charge < -0.3 is 15.1 Å². The zero-order valence-electron chi connectivity index (χ0n) is 15.5. The molecular weight excluding hydrogens is 340 g/mol. The number of aromatic nitrogens is 1. The number of rotatable bonds is 5. The molecule has 0 atom stereocenters. The van der Waals surface area contributed by atoms with E-state index >= 15 is 0 Å². The summed E-state index contributed by atoms with van der Waals surface area (Å²) in [7, 11) is 0. The molecule has 2 amide bonds. The molecule has 0 bridgehead atoms. The van der Waals surface area contributed by atoms with E-state index in [0.29, 0.717) is 25.2 Å². The van der Waals surface area contributed by atoms with Crippen LogP contribution in [0.3, 0.4) is 0 Å². The summed E-state index contributed by atoms with van der Waals surface area (Å²) in [6, 6.07) is 11.2. The van der Waals surface area contributed by atoms with Crippen LogP contribution in [-0.2, 0) is 11.3 Å². The van der Waals surface area contributed by atoms with Gasteiger partial charge in [0, 0.05) is 57.0 Å². The van der Waals surface area contributed by atoms with Gasteiger partial charge in [-0.05, 0) is 23.8 Å². The predicted octanol–water partition coefficient (Wildman–Crippen LogP) is 2.32. The highest BCUT2D eigenvalue weighted by molar-refractivity contribution is 5.94. The molecule has 1 fully saturated rings. The third-order valence-electron chi connectivity index (χ3n) is 4.74. The Balaban J connectivity index is 1.64. The molecule has 1 aromatic heterocycles. The Morgan fingerprint density at radius 1 is 1.15 bits per heavy atom. The van der Waals surface area contributed by atoms with Crippen molar-refractivity contribution >= 4 is 23.7 Å². The van der Waals surface area contributed by atoms with Crippen LogP contribution in [0.15, 0.2) is 49.2 Å². The molecule has 3 rings (SSSR count). The molecule has 0 radical (unpaired) electrons. The Kier molecular flexibility index (Phi) is 5.86. The van der Waals surface area contributed by atoms with E-state index in [-0.39, 0.29) is 11.8 Å². The quantitative estimate of drug-likeness (QED) is 0.884. The van der Waals surface area contributed by atoms with E-state index in [4.69, 9.17) is 0 Å². The van der Waals surface area contributed by atoms with Crippen LogP contribution in [0.4, 0.5) is 5.82 Å². The average Bonchev–Trinajstić information content (AvgIpc) is 2.72. The Morgan fingerprint density at radius 2 is 1.85 bits per heavy atom. The summed E-state index contributed by atoms with van der Waals surface area (Å²) in [5.41, 5.74) is 2.55. The van der Waals surface area contributed by atoms with Crippen molar-refractivity contribution in [2.45, 2.75) is 13.5 Å². The van der Waals surface area contributed by atoms with Gasteiger partial charge in [0.05, 0.1) is 0 Å². The summed E-state index contributed by atoms with van der Waals surface area (Å²) in [6.07, 6.45) is 3.50. The van der Waals surface area contributed by atoms with Crippen LogP contribution in [0.2, 0.25) is 0 Å². The highest BCUT2D eigenvalue weighted by Crippen LogP contribution is 2.19. The summed E-state index contributed by atoms with van der Waals surface area (Å²) in [5, 5.41) is 2.96. The fourth-order valence-electron chi connectivity index (χ4n) is 3.13. The molecule has 6 heteroatoms. The van der Waals surface area contributed by atoms with Crippen molar-refractivity contribution < 1.29 is 9.59 Å². The molecule has 1 N–H and O–H groups in total. The maximum Gasteiger partial charge on any atom is 0.251 e. The Labute approximate surface area is 159 Å². The van der Waals surface area contributed by atoms with Crippen molar-refractivity contribution in [1.29, 1.82) is 0 Å². The van der Waals surface area contributed by atoms with Gasteiger partial charge in [0.15, 0.2) is 0 Å². The van der Waals surface area contributed by atoms with Gasteiger partial charge in [0.25, 0.3) is 5.91 Å². The number of amides is 2. The summed E-state index contributed by atoms with van der Waals surface area (Å²) < 4.78 is 0. The normalized spacial score (nSPS) is 14.0. The predicted molar refractivity (Wildman–Crippen MR) is 106 cm³/mol. The van der Waals surface area contributed by atoms with Gasteiger partial charge in [-0.25, -0.2) is 4.98 Å². The van der Waals surface area contributed by atoms with Gasteiger partial charge in [0.2, 0.25) is 5.91 Å². The van der Waals surface area contributed by atoms with Crippen LogP contribution in [-0.4, -0.2) is 47.9 Å². The third kappa shape index (κ3) is 4.53. The highest BCUT2D eigenvalue weighted by Gasteiger charge is 2.21. The Bertz CT molecular complexity index is 824. The maximum absolute atomic E-state index is 12.4.